The Balaban J connectivity index is 2.08. The number of benzene rings is 2. The zero-order valence-electron chi connectivity index (χ0n) is 12.5. The molecule has 0 saturated carbocycles. The first kappa shape index (κ1) is 15.1. The summed E-state index contributed by atoms with van der Waals surface area (Å²) in [7, 11) is 0. The smallest absolute Gasteiger partial charge is 0.227 e. The molecule has 3 nitrogen and oxygen atoms in total. The number of para-hydroxylation sites is 1. The number of nitrogens with two attached hydrogens (primary N) is 1. The van der Waals surface area contributed by atoms with Gasteiger partial charge >= 0.3 is 0 Å². The van der Waals surface area contributed by atoms with Crippen LogP contribution in [0.3, 0.4) is 0 Å². The third-order valence-electron chi connectivity index (χ3n) is 3.46. The molecule has 2 aromatic carbocycles. The van der Waals surface area contributed by atoms with E-state index in [4.69, 9.17) is 5.73 Å². The average Bonchev–Trinajstić information content (AvgIpc) is 2.50. The van der Waals surface area contributed by atoms with E-state index in [9.17, 15) is 4.79 Å². The van der Waals surface area contributed by atoms with Crippen molar-refractivity contribution in [1.82, 2.24) is 4.90 Å². The van der Waals surface area contributed by atoms with Crippen molar-refractivity contribution in [1.29, 1.82) is 0 Å². The van der Waals surface area contributed by atoms with Crippen molar-refractivity contribution in [3.8, 4) is 0 Å². The highest BCUT2D eigenvalue weighted by atomic mass is 16.2. The highest BCUT2D eigenvalue weighted by Gasteiger charge is 2.14. The normalized spacial score (nSPS) is 10.3. The average molecular weight is 282 g/mol. The number of hydrogen-bond donors (Lipinski definition) is 1. The van der Waals surface area contributed by atoms with E-state index in [2.05, 4.69) is 6.92 Å². The Bertz CT molecular complexity index is 581. The lowest BCUT2D eigenvalue weighted by Crippen LogP contribution is -2.32. The van der Waals surface area contributed by atoms with Crippen molar-refractivity contribution in [3.63, 3.8) is 0 Å². The molecule has 0 aliphatic rings. The van der Waals surface area contributed by atoms with Gasteiger partial charge in [-0.25, -0.2) is 0 Å². The lowest BCUT2D eigenvalue weighted by molar-refractivity contribution is -0.131. The predicted molar refractivity (Wildman–Crippen MR) is 86.7 cm³/mol. The Morgan fingerprint density at radius 2 is 1.71 bits per heavy atom. The molecule has 2 aromatic rings. The molecular weight excluding hydrogens is 260 g/mol. The summed E-state index contributed by atoms with van der Waals surface area (Å²) >= 11 is 0. The summed E-state index contributed by atoms with van der Waals surface area (Å²) in [4.78, 5) is 14.4. The van der Waals surface area contributed by atoms with Crippen molar-refractivity contribution in [2.45, 2.75) is 26.3 Å². The number of anilines is 1. The third-order valence-corrected chi connectivity index (χ3v) is 3.46. The Labute approximate surface area is 126 Å². The zero-order valence-corrected chi connectivity index (χ0v) is 12.5. The van der Waals surface area contributed by atoms with Crippen LogP contribution in [0.4, 0.5) is 5.69 Å². The van der Waals surface area contributed by atoms with Gasteiger partial charge < -0.3 is 10.6 Å². The first-order chi connectivity index (χ1) is 10.2. The molecule has 0 fully saturated rings. The Morgan fingerprint density at radius 1 is 1.05 bits per heavy atom. The highest BCUT2D eigenvalue weighted by Crippen LogP contribution is 2.15. The zero-order chi connectivity index (χ0) is 15.1. The summed E-state index contributed by atoms with van der Waals surface area (Å²) in [6, 6.07) is 17.6. The highest BCUT2D eigenvalue weighted by molar-refractivity contribution is 5.79. The molecule has 3 heteroatoms. The standard InChI is InChI=1S/C18H22N2O/c1-2-12-20(14-16-10-6-7-11-17(16)19)18(21)13-15-8-4-3-5-9-15/h3-11H,2,12-14,19H2,1H3. The van der Waals surface area contributed by atoms with Crippen LogP contribution in [0.25, 0.3) is 0 Å². The van der Waals surface area contributed by atoms with E-state index < -0.39 is 0 Å². The fourth-order valence-electron chi connectivity index (χ4n) is 2.33. The van der Waals surface area contributed by atoms with Gasteiger partial charge in [-0.2, -0.15) is 0 Å². The van der Waals surface area contributed by atoms with Gasteiger partial charge in [0.15, 0.2) is 0 Å². The van der Waals surface area contributed by atoms with Gasteiger partial charge in [-0.15, -0.1) is 0 Å². The second-order valence-electron chi connectivity index (χ2n) is 5.18. The first-order valence-corrected chi connectivity index (χ1v) is 7.35. The molecule has 2 rings (SSSR count). The summed E-state index contributed by atoms with van der Waals surface area (Å²) < 4.78 is 0. The first-order valence-electron chi connectivity index (χ1n) is 7.35. The van der Waals surface area contributed by atoms with Crippen LogP contribution < -0.4 is 5.73 Å². The van der Waals surface area contributed by atoms with Crippen LogP contribution >= 0.6 is 0 Å². The number of carbonyl (C=O) groups excluding carboxylic acids is 1. The quantitative estimate of drug-likeness (QED) is 0.827. The number of carbonyl (C=O) groups is 1. The lowest BCUT2D eigenvalue weighted by Gasteiger charge is -2.23. The molecule has 0 atom stereocenters. The summed E-state index contributed by atoms with van der Waals surface area (Å²) in [6.07, 6.45) is 1.38. The summed E-state index contributed by atoms with van der Waals surface area (Å²) in [6.45, 7) is 3.41. The fraction of sp³-hybridized carbons (Fsp3) is 0.278. The molecule has 0 saturated heterocycles. The maximum absolute atomic E-state index is 12.5. The number of hydrogen-bond acceptors (Lipinski definition) is 2. The van der Waals surface area contributed by atoms with Crippen LogP contribution in [0.2, 0.25) is 0 Å². The Hall–Kier alpha value is -2.29. The number of amides is 1. The lowest BCUT2D eigenvalue weighted by atomic mass is 10.1. The van der Waals surface area contributed by atoms with Crippen LogP contribution in [-0.4, -0.2) is 17.4 Å². The van der Waals surface area contributed by atoms with Crippen LogP contribution in [0.1, 0.15) is 24.5 Å². The van der Waals surface area contributed by atoms with Gasteiger partial charge in [0.05, 0.1) is 6.42 Å². The van der Waals surface area contributed by atoms with Crippen molar-refractivity contribution >= 4 is 11.6 Å². The molecule has 0 heterocycles. The van der Waals surface area contributed by atoms with E-state index >= 15 is 0 Å². The van der Waals surface area contributed by atoms with Gasteiger partial charge in [0.25, 0.3) is 0 Å². The van der Waals surface area contributed by atoms with E-state index in [1.807, 2.05) is 59.5 Å². The van der Waals surface area contributed by atoms with Gasteiger partial charge in [0, 0.05) is 18.8 Å². The molecule has 0 radical (unpaired) electrons. The van der Waals surface area contributed by atoms with Crippen LogP contribution in [0.15, 0.2) is 54.6 Å². The Morgan fingerprint density at radius 3 is 2.38 bits per heavy atom. The van der Waals surface area contributed by atoms with Crippen LogP contribution in [0.5, 0.6) is 0 Å². The van der Waals surface area contributed by atoms with Gasteiger partial charge in [0.2, 0.25) is 5.91 Å². The minimum atomic E-state index is 0.145. The molecule has 0 bridgehead atoms. The van der Waals surface area contributed by atoms with E-state index in [1.54, 1.807) is 0 Å². The second kappa shape index (κ2) is 7.48. The monoisotopic (exact) mass is 282 g/mol. The second-order valence-corrected chi connectivity index (χ2v) is 5.18. The molecule has 0 aliphatic heterocycles. The van der Waals surface area contributed by atoms with Crippen molar-refractivity contribution in [2.24, 2.45) is 0 Å². The minimum absolute atomic E-state index is 0.145. The van der Waals surface area contributed by atoms with Crippen molar-refractivity contribution < 1.29 is 4.79 Å². The van der Waals surface area contributed by atoms with Gasteiger partial charge in [0.1, 0.15) is 0 Å². The minimum Gasteiger partial charge on any atom is -0.398 e. The van der Waals surface area contributed by atoms with Crippen LogP contribution in [0, 0.1) is 0 Å². The number of nitrogens with zero attached hydrogens (tertiary/aromatic N) is 1. The van der Waals surface area contributed by atoms with E-state index in [-0.39, 0.29) is 5.91 Å². The third kappa shape index (κ3) is 4.35. The number of rotatable bonds is 6. The van der Waals surface area contributed by atoms with Crippen molar-refractivity contribution in [2.75, 3.05) is 12.3 Å². The summed E-state index contributed by atoms with van der Waals surface area (Å²) in [5, 5.41) is 0. The van der Waals surface area contributed by atoms with E-state index in [0.29, 0.717) is 13.0 Å². The summed E-state index contributed by atoms with van der Waals surface area (Å²) in [5.74, 6) is 0.145. The molecule has 1 amide bonds. The molecule has 21 heavy (non-hydrogen) atoms. The van der Waals surface area contributed by atoms with Crippen LogP contribution in [-0.2, 0) is 17.8 Å². The molecule has 0 aliphatic carbocycles. The molecule has 110 valence electrons. The molecule has 0 unspecified atom stereocenters. The predicted octanol–water partition coefficient (Wildman–Crippen LogP) is 3.25. The molecule has 0 aromatic heterocycles. The van der Waals surface area contributed by atoms with Gasteiger partial charge in [-0.05, 0) is 23.6 Å². The number of nitrogen functional groups attached to an aromatic ring is 1. The Kier molecular flexibility index (Phi) is 5.38. The SMILES string of the molecule is CCCN(Cc1ccccc1N)C(=O)Cc1ccccc1. The van der Waals surface area contributed by atoms with E-state index in [1.165, 1.54) is 0 Å². The maximum atomic E-state index is 12.5. The van der Waals surface area contributed by atoms with Gasteiger partial charge in [-0.3, -0.25) is 4.79 Å². The summed E-state index contributed by atoms with van der Waals surface area (Å²) in [5.41, 5.74) is 8.77. The maximum Gasteiger partial charge on any atom is 0.227 e. The van der Waals surface area contributed by atoms with E-state index in [0.717, 1.165) is 29.8 Å². The fourth-order valence-corrected chi connectivity index (χ4v) is 2.33. The molecular formula is C18H22N2O. The van der Waals surface area contributed by atoms with Crippen molar-refractivity contribution in [3.05, 3.63) is 65.7 Å². The topological polar surface area (TPSA) is 46.3 Å². The van der Waals surface area contributed by atoms with Gasteiger partial charge in [-0.1, -0.05) is 55.5 Å². The molecule has 0 spiro atoms. The molecule has 2 N–H and O–H groups in total. The largest absolute Gasteiger partial charge is 0.398 e.